The van der Waals surface area contributed by atoms with Crippen LogP contribution in [-0.2, 0) is 19.0 Å². The van der Waals surface area contributed by atoms with Crippen LogP contribution < -0.4 is 0 Å². The van der Waals surface area contributed by atoms with Crippen LogP contribution in [0.2, 0.25) is 0 Å². The van der Waals surface area contributed by atoms with Crippen molar-refractivity contribution in [2.45, 2.75) is 70.6 Å². The molecule has 0 radical (unpaired) electrons. The molecule has 22 heavy (non-hydrogen) atoms. The highest BCUT2D eigenvalue weighted by atomic mass is 16.6. The fourth-order valence-electron chi connectivity index (χ4n) is 5.26. The predicted molar refractivity (Wildman–Crippen MR) is 78.1 cm³/mol. The molecule has 0 amide bonds. The number of hydrogen-bond acceptors (Lipinski definition) is 5. The molecule has 1 N–H and O–H groups in total. The van der Waals surface area contributed by atoms with Crippen LogP contribution >= 0.6 is 0 Å². The standard InChI is InChI=1S/C17H24O5/c1-9-5-12-15(3,7-11(9)19)16(4)13(21-10(2)18)6-14(22-12)17(16)8-20-17/h5,11-14,19H,6-8H2,1-4H3. The number of aliphatic hydroxyl groups is 1. The lowest BCUT2D eigenvalue weighted by Crippen LogP contribution is -2.65. The monoisotopic (exact) mass is 308 g/mol. The third-order valence-electron chi connectivity index (χ3n) is 6.92. The third-order valence-corrected chi connectivity index (χ3v) is 6.92. The largest absolute Gasteiger partial charge is 0.462 e. The minimum atomic E-state index is -0.479. The molecule has 3 fully saturated rings. The minimum absolute atomic E-state index is 0.0424. The van der Waals surface area contributed by atoms with E-state index < -0.39 is 6.10 Å². The lowest BCUT2D eigenvalue weighted by Gasteiger charge is -2.58. The lowest BCUT2D eigenvalue weighted by atomic mass is 9.51. The summed E-state index contributed by atoms with van der Waals surface area (Å²) in [6.07, 6.45) is 2.50. The van der Waals surface area contributed by atoms with E-state index in [1.54, 1.807) is 0 Å². The maximum atomic E-state index is 11.6. The van der Waals surface area contributed by atoms with E-state index in [4.69, 9.17) is 14.2 Å². The van der Waals surface area contributed by atoms with Gasteiger partial charge in [0.1, 0.15) is 11.7 Å². The van der Waals surface area contributed by atoms with Crippen molar-refractivity contribution in [2.75, 3.05) is 6.61 Å². The van der Waals surface area contributed by atoms with Crippen molar-refractivity contribution in [3.8, 4) is 0 Å². The molecule has 1 saturated carbocycles. The highest BCUT2D eigenvalue weighted by Gasteiger charge is 2.81. The molecule has 0 aromatic heterocycles. The van der Waals surface area contributed by atoms with Crippen LogP contribution in [-0.4, -0.2) is 47.7 Å². The van der Waals surface area contributed by atoms with E-state index in [2.05, 4.69) is 13.8 Å². The van der Waals surface area contributed by atoms with Gasteiger partial charge in [-0.15, -0.1) is 0 Å². The van der Waals surface area contributed by atoms with E-state index in [0.717, 1.165) is 5.57 Å². The first-order valence-electron chi connectivity index (χ1n) is 8.07. The van der Waals surface area contributed by atoms with Crippen molar-refractivity contribution in [1.82, 2.24) is 0 Å². The fraction of sp³-hybridized carbons (Fsp3) is 0.824. The number of carbonyl (C=O) groups is 1. The number of fused-ring (bicyclic) bond motifs is 2. The van der Waals surface area contributed by atoms with E-state index in [1.165, 1.54) is 6.92 Å². The van der Waals surface area contributed by atoms with E-state index in [-0.39, 0.29) is 40.7 Å². The van der Waals surface area contributed by atoms with Crippen LogP contribution in [0.4, 0.5) is 0 Å². The summed E-state index contributed by atoms with van der Waals surface area (Å²) < 4.78 is 17.9. The van der Waals surface area contributed by atoms with Crippen LogP contribution in [0.15, 0.2) is 11.6 Å². The fourth-order valence-corrected chi connectivity index (χ4v) is 5.26. The Morgan fingerprint density at radius 1 is 1.45 bits per heavy atom. The Morgan fingerprint density at radius 2 is 2.14 bits per heavy atom. The molecule has 7 unspecified atom stereocenters. The first-order valence-corrected chi connectivity index (χ1v) is 8.07. The maximum absolute atomic E-state index is 11.6. The van der Waals surface area contributed by atoms with Gasteiger partial charge in [-0.2, -0.15) is 0 Å². The molecule has 4 rings (SSSR count). The Hall–Kier alpha value is -0.910. The van der Waals surface area contributed by atoms with E-state index in [1.807, 2.05) is 13.0 Å². The van der Waals surface area contributed by atoms with Crippen molar-refractivity contribution >= 4 is 5.97 Å². The Morgan fingerprint density at radius 3 is 2.73 bits per heavy atom. The van der Waals surface area contributed by atoms with Gasteiger partial charge < -0.3 is 19.3 Å². The van der Waals surface area contributed by atoms with Gasteiger partial charge in [0.05, 0.1) is 24.9 Å². The number of esters is 1. The molecule has 1 spiro atoms. The van der Waals surface area contributed by atoms with Crippen molar-refractivity contribution in [3.05, 3.63) is 11.6 Å². The molecule has 122 valence electrons. The van der Waals surface area contributed by atoms with Crippen LogP contribution in [0.3, 0.4) is 0 Å². The number of carbonyl (C=O) groups excluding carboxylic acids is 1. The van der Waals surface area contributed by atoms with Gasteiger partial charge >= 0.3 is 5.97 Å². The highest BCUT2D eigenvalue weighted by molar-refractivity contribution is 5.66. The van der Waals surface area contributed by atoms with Crippen molar-refractivity contribution in [3.63, 3.8) is 0 Å². The second-order valence-electron chi connectivity index (χ2n) is 7.81. The van der Waals surface area contributed by atoms with E-state index in [9.17, 15) is 9.90 Å². The SMILES string of the molecule is CC(=O)OC1CC2OC3C=C(C)C(O)CC3(C)C1(C)C21CO1. The zero-order valence-electron chi connectivity index (χ0n) is 13.6. The molecule has 2 aliphatic carbocycles. The van der Waals surface area contributed by atoms with E-state index >= 15 is 0 Å². The molecule has 4 aliphatic rings. The van der Waals surface area contributed by atoms with Crippen molar-refractivity contribution < 1.29 is 24.1 Å². The Labute approximate surface area is 130 Å². The summed E-state index contributed by atoms with van der Waals surface area (Å²) >= 11 is 0. The summed E-state index contributed by atoms with van der Waals surface area (Å²) in [6, 6.07) is 0. The lowest BCUT2D eigenvalue weighted by molar-refractivity contribution is -0.216. The molecule has 0 aromatic rings. The topological polar surface area (TPSA) is 68.3 Å². The Kier molecular flexibility index (Phi) is 2.76. The molecule has 5 heteroatoms. The third kappa shape index (κ3) is 1.47. The van der Waals surface area contributed by atoms with Gasteiger partial charge in [-0.1, -0.05) is 19.9 Å². The summed E-state index contributed by atoms with van der Waals surface area (Å²) in [4.78, 5) is 11.6. The first kappa shape index (κ1) is 14.7. The molecule has 2 heterocycles. The van der Waals surface area contributed by atoms with Gasteiger partial charge in [-0.3, -0.25) is 4.79 Å². The normalized spacial score (nSPS) is 55.6. The second kappa shape index (κ2) is 4.13. The highest BCUT2D eigenvalue weighted by Crippen LogP contribution is 2.71. The maximum Gasteiger partial charge on any atom is 0.302 e. The van der Waals surface area contributed by atoms with Gasteiger partial charge in [-0.25, -0.2) is 0 Å². The summed E-state index contributed by atoms with van der Waals surface area (Å²) in [5, 5.41) is 10.4. The molecule has 2 aliphatic heterocycles. The van der Waals surface area contributed by atoms with Gasteiger partial charge in [0.2, 0.25) is 0 Å². The number of hydrogen-bond donors (Lipinski definition) is 1. The van der Waals surface area contributed by atoms with Gasteiger partial charge in [0, 0.05) is 24.2 Å². The molecule has 0 aromatic carbocycles. The van der Waals surface area contributed by atoms with Crippen LogP contribution in [0.25, 0.3) is 0 Å². The zero-order chi connectivity index (χ0) is 15.9. The molecule has 5 nitrogen and oxygen atoms in total. The molecule has 2 saturated heterocycles. The quantitative estimate of drug-likeness (QED) is 0.452. The molecule has 7 atom stereocenters. The molecular formula is C17H24O5. The minimum Gasteiger partial charge on any atom is -0.462 e. The Bertz CT molecular complexity index is 565. The summed E-state index contributed by atoms with van der Waals surface area (Å²) in [7, 11) is 0. The number of rotatable bonds is 1. The van der Waals surface area contributed by atoms with Crippen LogP contribution in [0, 0.1) is 10.8 Å². The number of epoxide rings is 1. The Balaban J connectivity index is 1.83. The van der Waals surface area contributed by atoms with E-state index in [0.29, 0.717) is 19.4 Å². The molecule has 2 bridgehead atoms. The second-order valence-corrected chi connectivity index (χ2v) is 7.81. The molecular weight excluding hydrogens is 284 g/mol. The zero-order valence-corrected chi connectivity index (χ0v) is 13.6. The van der Waals surface area contributed by atoms with Gasteiger partial charge in [0.15, 0.2) is 0 Å². The van der Waals surface area contributed by atoms with Gasteiger partial charge in [-0.05, 0) is 18.9 Å². The first-order chi connectivity index (χ1) is 10.2. The summed E-state index contributed by atoms with van der Waals surface area (Å²) in [5.74, 6) is -0.266. The summed E-state index contributed by atoms with van der Waals surface area (Å²) in [5.41, 5.74) is -0.0772. The smallest absolute Gasteiger partial charge is 0.302 e. The van der Waals surface area contributed by atoms with Crippen LogP contribution in [0.1, 0.15) is 40.5 Å². The van der Waals surface area contributed by atoms with Crippen LogP contribution in [0.5, 0.6) is 0 Å². The predicted octanol–water partition coefficient (Wildman–Crippen LogP) is 1.58. The van der Waals surface area contributed by atoms with Gasteiger partial charge in [0.25, 0.3) is 0 Å². The van der Waals surface area contributed by atoms with Crippen molar-refractivity contribution in [2.24, 2.45) is 10.8 Å². The average Bonchev–Trinajstić information content (AvgIpc) is 3.18. The number of ether oxygens (including phenoxy) is 3. The van der Waals surface area contributed by atoms with Crippen molar-refractivity contribution in [1.29, 1.82) is 0 Å². The number of aliphatic hydroxyl groups excluding tert-OH is 1. The summed E-state index contributed by atoms with van der Waals surface area (Å²) in [6.45, 7) is 8.34. The average molecular weight is 308 g/mol.